The van der Waals surface area contributed by atoms with Crippen molar-refractivity contribution in [1.29, 1.82) is 0 Å². The molecule has 152 valence electrons. The van der Waals surface area contributed by atoms with Crippen LogP contribution in [0.2, 0.25) is 0 Å². The van der Waals surface area contributed by atoms with E-state index in [4.69, 9.17) is 14.0 Å². The fourth-order valence-corrected chi connectivity index (χ4v) is 2.06. The Bertz CT molecular complexity index is 797. The number of ether oxygens (including phenoxy) is 2. The number of hydrogen-bond acceptors (Lipinski definition) is 8. The average molecular weight is 391 g/mol. The first-order valence-corrected chi connectivity index (χ1v) is 8.87. The Morgan fingerprint density at radius 2 is 2.04 bits per heavy atom. The van der Waals surface area contributed by atoms with Gasteiger partial charge in [0.2, 0.25) is 23.5 Å². The molecule has 0 fully saturated rings. The molecule has 0 saturated carbocycles. The fraction of sp³-hybridized carbons (Fsp3) is 0.500. The Labute approximate surface area is 163 Å². The number of nitrogens with one attached hydrogen (secondary N) is 2. The quantitative estimate of drug-likeness (QED) is 0.734. The van der Waals surface area contributed by atoms with E-state index >= 15 is 0 Å². The van der Waals surface area contributed by atoms with Gasteiger partial charge in [-0.3, -0.25) is 4.79 Å². The van der Waals surface area contributed by atoms with Gasteiger partial charge in [-0.2, -0.15) is 4.98 Å². The Hall–Kier alpha value is -3.17. The third-order valence-electron chi connectivity index (χ3n) is 3.30. The van der Waals surface area contributed by atoms with E-state index in [1.54, 1.807) is 46.0 Å². The maximum Gasteiger partial charge on any atom is 0.408 e. The molecular weight excluding hydrogens is 366 g/mol. The summed E-state index contributed by atoms with van der Waals surface area (Å²) in [6.45, 7) is 9.19. The molecule has 28 heavy (non-hydrogen) atoms. The normalized spacial score (nSPS) is 12.2. The summed E-state index contributed by atoms with van der Waals surface area (Å²) >= 11 is 0. The lowest BCUT2D eigenvalue weighted by Gasteiger charge is -2.21. The first-order chi connectivity index (χ1) is 13.2. The standard InChI is InChI=1S/C18H25N5O5/c1-6-26-13-8-7-12(9-19-13)15-22-14(28-23-15)10-20-16(24)11(2)21-17(25)27-18(3,4)5/h7-9,11H,6,10H2,1-5H3,(H,20,24)(H,21,25)/t11-/m1/s1. The van der Waals surface area contributed by atoms with Gasteiger partial charge in [0.15, 0.2) is 0 Å². The number of alkyl carbamates (subject to hydrolysis) is 1. The molecule has 0 aliphatic heterocycles. The number of pyridine rings is 1. The molecule has 0 aliphatic carbocycles. The van der Waals surface area contributed by atoms with Gasteiger partial charge in [-0.05, 0) is 40.7 Å². The van der Waals surface area contributed by atoms with Crippen LogP contribution in [0.15, 0.2) is 22.9 Å². The van der Waals surface area contributed by atoms with Crippen LogP contribution in [0.25, 0.3) is 11.4 Å². The maximum atomic E-state index is 12.1. The molecule has 0 bridgehead atoms. The lowest BCUT2D eigenvalue weighted by molar-refractivity contribution is -0.123. The van der Waals surface area contributed by atoms with Crippen LogP contribution in [0.3, 0.4) is 0 Å². The van der Waals surface area contributed by atoms with Crippen LogP contribution in [0, 0.1) is 0 Å². The van der Waals surface area contributed by atoms with Gasteiger partial charge in [0, 0.05) is 17.8 Å². The summed E-state index contributed by atoms with van der Waals surface area (Å²) in [6.07, 6.45) is 0.906. The molecule has 10 nitrogen and oxygen atoms in total. The third kappa shape index (κ3) is 6.53. The van der Waals surface area contributed by atoms with Gasteiger partial charge < -0.3 is 24.6 Å². The summed E-state index contributed by atoms with van der Waals surface area (Å²) in [7, 11) is 0. The number of nitrogens with zero attached hydrogens (tertiary/aromatic N) is 3. The van der Waals surface area contributed by atoms with Crippen molar-refractivity contribution in [3.8, 4) is 17.3 Å². The molecule has 10 heteroatoms. The van der Waals surface area contributed by atoms with Gasteiger partial charge in [0.1, 0.15) is 11.6 Å². The summed E-state index contributed by atoms with van der Waals surface area (Å²) in [6, 6.07) is 2.69. The first kappa shape index (κ1) is 21.1. The van der Waals surface area contributed by atoms with Crippen molar-refractivity contribution in [1.82, 2.24) is 25.8 Å². The lowest BCUT2D eigenvalue weighted by Crippen LogP contribution is -2.46. The zero-order valence-corrected chi connectivity index (χ0v) is 16.6. The zero-order chi connectivity index (χ0) is 20.7. The number of carbonyl (C=O) groups is 2. The molecule has 0 saturated heterocycles. The van der Waals surface area contributed by atoms with Gasteiger partial charge in [0.05, 0.1) is 13.2 Å². The van der Waals surface area contributed by atoms with Crippen LogP contribution in [0.1, 0.15) is 40.5 Å². The molecule has 2 amide bonds. The number of aromatic nitrogens is 3. The van der Waals surface area contributed by atoms with E-state index in [1.807, 2.05) is 6.92 Å². The van der Waals surface area contributed by atoms with Crippen LogP contribution in [-0.2, 0) is 16.1 Å². The minimum Gasteiger partial charge on any atom is -0.478 e. The summed E-state index contributed by atoms with van der Waals surface area (Å²) in [5.41, 5.74) is 0.0145. The van der Waals surface area contributed by atoms with E-state index in [0.717, 1.165) is 0 Å². The molecule has 2 aromatic rings. The maximum absolute atomic E-state index is 12.1. The van der Waals surface area contributed by atoms with Crippen LogP contribution in [-0.4, -0.2) is 45.4 Å². The highest BCUT2D eigenvalue weighted by atomic mass is 16.6. The highest BCUT2D eigenvalue weighted by molar-refractivity contribution is 5.85. The van der Waals surface area contributed by atoms with E-state index < -0.39 is 23.6 Å². The van der Waals surface area contributed by atoms with Crippen molar-refractivity contribution >= 4 is 12.0 Å². The third-order valence-corrected chi connectivity index (χ3v) is 3.30. The van der Waals surface area contributed by atoms with E-state index in [0.29, 0.717) is 23.9 Å². The summed E-state index contributed by atoms with van der Waals surface area (Å²) in [5.74, 6) is 0.670. The van der Waals surface area contributed by atoms with Crippen LogP contribution >= 0.6 is 0 Å². The Balaban J connectivity index is 1.86. The van der Waals surface area contributed by atoms with Gasteiger partial charge in [-0.15, -0.1) is 0 Å². The monoisotopic (exact) mass is 391 g/mol. The van der Waals surface area contributed by atoms with Crippen molar-refractivity contribution in [2.75, 3.05) is 6.61 Å². The molecule has 0 unspecified atom stereocenters. The van der Waals surface area contributed by atoms with Gasteiger partial charge in [0.25, 0.3) is 0 Å². The highest BCUT2D eigenvalue weighted by Gasteiger charge is 2.21. The van der Waals surface area contributed by atoms with E-state index in [1.165, 1.54) is 0 Å². The molecule has 2 rings (SSSR count). The van der Waals surface area contributed by atoms with E-state index in [2.05, 4.69) is 25.8 Å². The SMILES string of the molecule is CCOc1ccc(-c2noc(CNC(=O)[C@@H](C)NC(=O)OC(C)(C)C)n2)cn1. The molecule has 0 aromatic carbocycles. The van der Waals surface area contributed by atoms with Crippen LogP contribution in [0.4, 0.5) is 4.79 Å². The van der Waals surface area contributed by atoms with Crippen molar-refractivity contribution in [3.63, 3.8) is 0 Å². The Kier molecular flexibility index (Phi) is 6.91. The fourth-order valence-electron chi connectivity index (χ4n) is 2.06. The molecule has 1 atom stereocenters. The molecule has 2 aromatic heterocycles. The first-order valence-electron chi connectivity index (χ1n) is 8.87. The van der Waals surface area contributed by atoms with Crippen molar-refractivity contribution in [2.45, 2.75) is 52.8 Å². The van der Waals surface area contributed by atoms with Gasteiger partial charge >= 0.3 is 6.09 Å². The molecule has 0 radical (unpaired) electrons. The second-order valence-corrected chi connectivity index (χ2v) is 6.92. The number of carbonyl (C=O) groups excluding carboxylic acids is 2. The van der Waals surface area contributed by atoms with Crippen molar-refractivity contribution in [3.05, 3.63) is 24.2 Å². The summed E-state index contributed by atoms with van der Waals surface area (Å²) < 4.78 is 15.5. The van der Waals surface area contributed by atoms with Crippen molar-refractivity contribution < 1.29 is 23.6 Å². The largest absolute Gasteiger partial charge is 0.478 e. The molecule has 2 N–H and O–H groups in total. The second kappa shape index (κ2) is 9.16. The number of hydrogen-bond donors (Lipinski definition) is 2. The average Bonchev–Trinajstić information content (AvgIpc) is 3.07. The molecule has 0 spiro atoms. The predicted octanol–water partition coefficient (Wildman–Crippen LogP) is 2.06. The van der Waals surface area contributed by atoms with E-state index in [-0.39, 0.29) is 12.4 Å². The molecule has 2 heterocycles. The topological polar surface area (TPSA) is 128 Å². The number of rotatable bonds is 7. The minimum absolute atomic E-state index is 0.0244. The summed E-state index contributed by atoms with van der Waals surface area (Å²) in [4.78, 5) is 32.2. The van der Waals surface area contributed by atoms with Gasteiger partial charge in [-0.1, -0.05) is 5.16 Å². The Morgan fingerprint density at radius 3 is 2.64 bits per heavy atom. The minimum atomic E-state index is -0.785. The lowest BCUT2D eigenvalue weighted by atomic mass is 10.2. The molecular formula is C18H25N5O5. The zero-order valence-electron chi connectivity index (χ0n) is 16.6. The predicted molar refractivity (Wildman–Crippen MR) is 99.4 cm³/mol. The summed E-state index contributed by atoms with van der Waals surface area (Å²) in [5, 5.41) is 8.94. The van der Waals surface area contributed by atoms with Crippen LogP contribution in [0.5, 0.6) is 5.88 Å². The van der Waals surface area contributed by atoms with Gasteiger partial charge in [-0.25, -0.2) is 9.78 Å². The Morgan fingerprint density at radius 1 is 1.29 bits per heavy atom. The molecule has 0 aliphatic rings. The van der Waals surface area contributed by atoms with Crippen molar-refractivity contribution in [2.24, 2.45) is 0 Å². The van der Waals surface area contributed by atoms with Crippen LogP contribution < -0.4 is 15.4 Å². The second-order valence-electron chi connectivity index (χ2n) is 6.92. The highest BCUT2D eigenvalue weighted by Crippen LogP contribution is 2.17. The van der Waals surface area contributed by atoms with E-state index in [9.17, 15) is 9.59 Å². The smallest absolute Gasteiger partial charge is 0.408 e. The number of amides is 2.